The van der Waals surface area contributed by atoms with Crippen molar-refractivity contribution in [3.05, 3.63) is 58.0 Å². The number of amides is 1. The van der Waals surface area contributed by atoms with E-state index in [9.17, 15) is 14.9 Å². The van der Waals surface area contributed by atoms with Gasteiger partial charge in [0, 0.05) is 19.5 Å². The van der Waals surface area contributed by atoms with Crippen molar-refractivity contribution in [2.75, 3.05) is 0 Å². The number of benzene rings is 1. The predicted molar refractivity (Wildman–Crippen MR) is 92.8 cm³/mol. The van der Waals surface area contributed by atoms with Gasteiger partial charge < -0.3 is 15.0 Å². The van der Waals surface area contributed by atoms with E-state index in [1.807, 2.05) is 35.2 Å². The predicted octanol–water partition coefficient (Wildman–Crippen LogP) is 2.93. The van der Waals surface area contributed by atoms with Crippen LogP contribution in [-0.4, -0.2) is 31.3 Å². The zero-order chi connectivity index (χ0) is 18.0. The molecule has 1 fully saturated rings. The summed E-state index contributed by atoms with van der Waals surface area (Å²) in [6, 6.07) is 9.94. The third kappa shape index (κ3) is 3.87. The van der Waals surface area contributed by atoms with Crippen LogP contribution in [0.2, 0.25) is 0 Å². The quantitative estimate of drug-likeness (QED) is 0.572. The van der Waals surface area contributed by atoms with Crippen LogP contribution in [0.5, 0.6) is 0 Å². The normalized spacial score (nSPS) is 15.0. The molecule has 3 rings (SSSR count). The van der Waals surface area contributed by atoms with E-state index >= 15 is 0 Å². The summed E-state index contributed by atoms with van der Waals surface area (Å²) in [5, 5.41) is 11.1. The van der Waals surface area contributed by atoms with Crippen molar-refractivity contribution < 1.29 is 9.72 Å². The summed E-state index contributed by atoms with van der Waals surface area (Å²) in [6.07, 6.45) is 3.46. The van der Waals surface area contributed by atoms with Gasteiger partial charge in [0.2, 0.25) is 0 Å². The fraction of sp³-hybridized carbons (Fsp3) is 0.444. The van der Waals surface area contributed by atoms with Crippen molar-refractivity contribution >= 4 is 11.7 Å². The van der Waals surface area contributed by atoms with Gasteiger partial charge in [-0.25, -0.2) is 9.55 Å². The Labute approximate surface area is 146 Å². The number of aromatic nitrogens is 2. The average Bonchev–Trinajstić information content (AvgIpc) is 3.38. The van der Waals surface area contributed by atoms with Crippen LogP contribution in [0.3, 0.4) is 0 Å². The Bertz CT molecular complexity index is 768. The average molecular weight is 342 g/mol. The van der Waals surface area contributed by atoms with Crippen LogP contribution >= 0.6 is 0 Å². The fourth-order valence-electron chi connectivity index (χ4n) is 3.10. The maximum atomic E-state index is 13.0. The molecule has 7 heteroatoms. The van der Waals surface area contributed by atoms with Crippen LogP contribution in [-0.2, 0) is 17.9 Å². The van der Waals surface area contributed by atoms with E-state index < -0.39 is 4.92 Å². The maximum Gasteiger partial charge on any atom is 0.343 e. The molecule has 0 N–H and O–H groups in total. The zero-order valence-corrected chi connectivity index (χ0v) is 14.5. The SMILES string of the molecule is Cc1ncc([N+](=O)[O-])n1CC(=O)N(Cc1ccccc1)C(C)C1CC1. The lowest BCUT2D eigenvalue weighted by Crippen LogP contribution is -2.41. The number of hydrogen-bond acceptors (Lipinski definition) is 4. The molecule has 1 aromatic carbocycles. The summed E-state index contributed by atoms with van der Waals surface area (Å²) >= 11 is 0. The number of carbonyl (C=O) groups is 1. The van der Waals surface area contributed by atoms with Gasteiger partial charge in [0.15, 0.2) is 12.4 Å². The Kier molecular flexibility index (Phi) is 4.83. The Hall–Kier alpha value is -2.70. The molecular weight excluding hydrogens is 320 g/mol. The van der Waals surface area contributed by atoms with Gasteiger partial charge in [0.05, 0.1) is 0 Å². The second kappa shape index (κ2) is 7.04. The lowest BCUT2D eigenvalue weighted by atomic mass is 10.1. The molecule has 1 aliphatic rings. The Morgan fingerprint density at radius 1 is 1.40 bits per heavy atom. The molecule has 0 aliphatic heterocycles. The molecule has 0 saturated heterocycles. The van der Waals surface area contributed by atoms with E-state index in [2.05, 4.69) is 11.9 Å². The zero-order valence-electron chi connectivity index (χ0n) is 14.5. The monoisotopic (exact) mass is 342 g/mol. The number of hydrogen-bond donors (Lipinski definition) is 0. The highest BCUT2D eigenvalue weighted by Gasteiger charge is 2.35. The number of nitrogens with zero attached hydrogens (tertiary/aromatic N) is 4. The van der Waals surface area contributed by atoms with Gasteiger partial charge in [-0.15, -0.1) is 0 Å². The fourth-order valence-corrected chi connectivity index (χ4v) is 3.10. The Balaban J connectivity index is 1.82. The summed E-state index contributed by atoms with van der Waals surface area (Å²) in [6.45, 7) is 4.19. The van der Waals surface area contributed by atoms with Gasteiger partial charge in [-0.2, -0.15) is 0 Å². The lowest BCUT2D eigenvalue weighted by molar-refractivity contribution is -0.392. The second-order valence-corrected chi connectivity index (χ2v) is 6.59. The van der Waals surface area contributed by atoms with Crippen molar-refractivity contribution in [2.24, 2.45) is 5.92 Å². The molecule has 1 unspecified atom stereocenters. The van der Waals surface area contributed by atoms with Gasteiger partial charge in [0.25, 0.3) is 5.91 Å². The molecule has 1 saturated carbocycles. The number of carbonyl (C=O) groups excluding carboxylic acids is 1. The molecule has 132 valence electrons. The van der Waals surface area contributed by atoms with Crippen molar-refractivity contribution in [3.63, 3.8) is 0 Å². The van der Waals surface area contributed by atoms with Gasteiger partial charge in [0.1, 0.15) is 6.20 Å². The first-order valence-corrected chi connectivity index (χ1v) is 8.47. The highest BCUT2D eigenvalue weighted by Crippen LogP contribution is 2.36. The molecule has 7 nitrogen and oxygen atoms in total. The van der Waals surface area contributed by atoms with Crippen LogP contribution in [0.1, 0.15) is 31.2 Å². The molecule has 0 radical (unpaired) electrons. The smallest absolute Gasteiger partial charge is 0.343 e. The van der Waals surface area contributed by atoms with Crippen molar-refractivity contribution in [1.82, 2.24) is 14.5 Å². The first-order chi connectivity index (χ1) is 12.0. The van der Waals surface area contributed by atoms with Crippen molar-refractivity contribution in [1.29, 1.82) is 0 Å². The van der Waals surface area contributed by atoms with E-state index in [0.29, 0.717) is 18.3 Å². The minimum atomic E-state index is -0.501. The molecule has 1 atom stereocenters. The highest BCUT2D eigenvalue weighted by atomic mass is 16.6. The topological polar surface area (TPSA) is 81.3 Å². The van der Waals surface area contributed by atoms with E-state index in [1.165, 1.54) is 10.8 Å². The lowest BCUT2D eigenvalue weighted by Gasteiger charge is -2.29. The summed E-state index contributed by atoms with van der Waals surface area (Å²) in [5.41, 5.74) is 1.06. The molecular formula is C18H22N4O3. The first kappa shape index (κ1) is 17.1. The van der Waals surface area contributed by atoms with Crippen LogP contribution in [0.25, 0.3) is 0 Å². The molecule has 2 aromatic rings. The van der Waals surface area contributed by atoms with Gasteiger partial charge in [-0.1, -0.05) is 30.3 Å². The Morgan fingerprint density at radius 2 is 2.08 bits per heavy atom. The molecule has 0 bridgehead atoms. The summed E-state index contributed by atoms with van der Waals surface area (Å²) in [4.78, 5) is 29.4. The number of imidazole rings is 1. The second-order valence-electron chi connectivity index (χ2n) is 6.59. The van der Waals surface area contributed by atoms with Gasteiger partial charge in [-0.05, 0) is 36.2 Å². The molecule has 1 aliphatic carbocycles. The standard InChI is InChI=1S/C18H22N4O3/c1-13(16-8-9-16)20(11-15-6-4-3-5-7-15)18(23)12-21-14(2)19-10-17(21)22(24)25/h3-7,10,13,16H,8-9,11-12H2,1-2H3. The van der Waals surface area contributed by atoms with Crippen molar-refractivity contribution in [3.8, 4) is 0 Å². The van der Waals surface area contributed by atoms with E-state index in [1.54, 1.807) is 6.92 Å². The largest absolute Gasteiger partial charge is 0.358 e. The van der Waals surface area contributed by atoms with E-state index in [4.69, 9.17) is 0 Å². The first-order valence-electron chi connectivity index (χ1n) is 8.47. The molecule has 1 aromatic heterocycles. The van der Waals surface area contributed by atoms with E-state index in [-0.39, 0.29) is 24.3 Å². The minimum absolute atomic E-state index is 0.0635. The number of nitro groups is 1. The van der Waals surface area contributed by atoms with Gasteiger partial charge in [-0.3, -0.25) is 4.79 Å². The highest BCUT2D eigenvalue weighted by molar-refractivity contribution is 5.77. The maximum absolute atomic E-state index is 13.0. The Morgan fingerprint density at radius 3 is 2.68 bits per heavy atom. The van der Waals surface area contributed by atoms with Crippen LogP contribution < -0.4 is 0 Å². The minimum Gasteiger partial charge on any atom is -0.358 e. The van der Waals surface area contributed by atoms with Gasteiger partial charge >= 0.3 is 5.82 Å². The summed E-state index contributed by atoms with van der Waals surface area (Å²) < 4.78 is 1.37. The van der Waals surface area contributed by atoms with Crippen molar-refractivity contribution in [2.45, 2.75) is 45.8 Å². The van der Waals surface area contributed by atoms with E-state index in [0.717, 1.165) is 18.4 Å². The third-order valence-electron chi connectivity index (χ3n) is 4.83. The third-order valence-corrected chi connectivity index (χ3v) is 4.83. The van der Waals surface area contributed by atoms with Crippen LogP contribution in [0, 0.1) is 23.0 Å². The number of rotatable bonds is 7. The molecule has 25 heavy (non-hydrogen) atoms. The van der Waals surface area contributed by atoms with Crippen LogP contribution in [0.4, 0.5) is 5.82 Å². The molecule has 1 heterocycles. The van der Waals surface area contributed by atoms with Crippen LogP contribution in [0.15, 0.2) is 36.5 Å². The molecule has 0 spiro atoms. The summed E-state index contributed by atoms with van der Waals surface area (Å²) in [5.74, 6) is 0.724. The number of aryl methyl sites for hydroxylation is 1. The molecule has 1 amide bonds. The summed E-state index contributed by atoms with van der Waals surface area (Å²) in [7, 11) is 0.